The Morgan fingerprint density at radius 2 is 1.87 bits per heavy atom. The van der Waals surface area contributed by atoms with Gasteiger partial charge in [-0.3, -0.25) is 0 Å². The zero-order valence-electron chi connectivity index (χ0n) is 13.7. The van der Waals surface area contributed by atoms with Crippen molar-refractivity contribution in [3.63, 3.8) is 0 Å². The first-order valence-corrected chi connectivity index (χ1v) is 10.0. The molecule has 5 nitrogen and oxygen atoms in total. The van der Waals surface area contributed by atoms with Crippen LogP contribution in [0.1, 0.15) is 20.8 Å². The fourth-order valence-electron chi connectivity index (χ4n) is 2.23. The second kappa shape index (κ2) is 6.67. The third kappa shape index (κ3) is 3.97. The molecule has 2 aliphatic heterocycles. The summed E-state index contributed by atoms with van der Waals surface area (Å²) in [6.45, 7) is 8.70. The van der Waals surface area contributed by atoms with Gasteiger partial charge in [0, 0.05) is 13.1 Å². The fraction of sp³-hybridized carbons (Fsp3) is 0.500. The molecule has 0 amide bonds. The van der Waals surface area contributed by atoms with Crippen LogP contribution in [0, 0.1) is 5.41 Å². The normalized spacial score (nSPS) is 20.3. The van der Waals surface area contributed by atoms with E-state index in [9.17, 15) is 4.79 Å². The van der Waals surface area contributed by atoms with E-state index in [-0.39, 0.29) is 16.9 Å². The molecule has 3 heterocycles. The van der Waals surface area contributed by atoms with Crippen molar-refractivity contribution in [3.8, 4) is 0 Å². The molecule has 126 valence electrons. The third-order valence-corrected chi connectivity index (χ3v) is 7.05. The number of carbonyl (C=O) groups excluding carboxylic acids is 1. The summed E-state index contributed by atoms with van der Waals surface area (Å²) < 4.78 is 1.33. The Balaban J connectivity index is 1.54. The van der Waals surface area contributed by atoms with Crippen LogP contribution in [0.2, 0.25) is 0 Å². The number of hydroxylamine groups is 2. The van der Waals surface area contributed by atoms with Crippen LogP contribution in [-0.2, 0) is 9.63 Å². The Labute approximate surface area is 143 Å². The van der Waals surface area contributed by atoms with E-state index < -0.39 is 5.41 Å². The van der Waals surface area contributed by atoms with Crippen molar-refractivity contribution >= 4 is 33.3 Å². The van der Waals surface area contributed by atoms with Gasteiger partial charge < -0.3 is 9.74 Å². The van der Waals surface area contributed by atoms with Crippen LogP contribution in [0.5, 0.6) is 0 Å². The maximum absolute atomic E-state index is 11.9. The van der Waals surface area contributed by atoms with Gasteiger partial charge in [-0.25, -0.2) is 9.78 Å². The minimum absolute atomic E-state index is 0.176. The lowest BCUT2D eigenvalue weighted by atomic mass is 9.98. The van der Waals surface area contributed by atoms with Gasteiger partial charge in [-0.15, -0.1) is 5.06 Å². The summed E-state index contributed by atoms with van der Waals surface area (Å²) in [6.07, 6.45) is 6.21. The topological polar surface area (TPSA) is 45.7 Å². The number of piperazine rings is 1. The van der Waals surface area contributed by atoms with Crippen molar-refractivity contribution < 1.29 is 9.63 Å². The van der Waals surface area contributed by atoms with Crippen LogP contribution >= 0.6 is 22.2 Å². The molecule has 0 saturated carbocycles. The average molecular weight is 354 g/mol. The van der Waals surface area contributed by atoms with Gasteiger partial charge in [0.25, 0.3) is 0 Å². The van der Waals surface area contributed by atoms with Gasteiger partial charge in [-0.2, -0.15) is 10.9 Å². The minimum Gasteiger partial charge on any atom is -0.367 e. The number of aromatic nitrogens is 1. The van der Waals surface area contributed by atoms with Crippen molar-refractivity contribution in [2.75, 3.05) is 31.1 Å². The zero-order chi connectivity index (χ0) is 16.4. The molecule has 0 radical (unpaired) electrons. The standard InChI is InChI=1S/C16H23N3O2S2/c1-16(2,3)14(20)21-19-8-6-18(7-9-19)15-17-12-13(22-15)23-10-4-5-11-23/h4-5,10-12,23H,6-9H2,1-3H3. The number of allylic oxidation sites excluding steroid dienone is 2. The molecule has 0 bridgehead atoms. The van der Waals surface area contributed by atoms with Crippen LogP contribution in [0.15, 0.2) is 33.4 Å². The highest BCUT2D eigenvalue weighted by Gasteiger charge is 2.28. The number of rotatable bonds is 3. The molecule has 0 aromatic carbocycles. The highest BCUT2D eigenvalue weighted by molar-refractivity contribution is 8.23. The lowest BCUT2D eigenvalue weighted by molar-refractivity contribution is -0.201. The van der Waals surface area contributed by atoms with Gasteiger partial charge >= 0.3 is 5.97 Å². The van der Waals surface area contributed by atoms with E-state index in [1.54, 1.807) is 16.4 Å². The molecule has 0 spiro atoms. The van der Waals surface area contributed by atoms with Crippen LogP contribution < -0.4 is 4.90 Å². The summed E-state index contributed by atoms with van der Waals surface area (Å²) >= 11 is 1.77. The quantitative estimate of drug-likeness (QED) is 0.846. The predicted molar refractivity (Wildman–Crippen MR) is 97.0 cm³/mol. The summed E-state index contributed by atoms with van der Waals surface area (Å²) in [6, 6.07) is 0. The molecule has 0 N–H and O–H groups in total. The van der Waals surface area contributed by atoms with E-state index in [4.69, 9.17) is 4.84 Å². The summed E-state index contributed by atoms with van der Waals surface area (Å²) in [5, 5.41) is 7.33. The smallest absolute Gasteiger partial charge is 0.330 e. The number of anilines is 1. The van der Waals surface area contributed by atoms with Crippen molar-refractivity contribution in [2.24, 2.45) is 5.41 Å². The van der Waals surface area contributed by atoms with E-state index in [1.807, 2.05) is 27.0 Å². The van der Waals surface area contributed by atoms with Crippen molar-refractivity contribution in [1.29, 1.82) is 0 Å². The second-order valence-electron chi connectivity index (χ2n) is 6.62. The number of thiol groups is 1. The molecule has 0 aliphatic carbocycles. The van der Waals surface area contributed by atoms with Gasteiger partial charge in [-0.1, -0.05) is 23.5 Å². The second-order valence-corrected chi connectivity index (χ2v) is 9.82. The largest absolute Gasteiger partial charge is 0.367 e. The Kier molecular flexibility index (Phi) is 4.79. The Morgan fingerprint density at radius 1 is 1.22 bits per heavy atom. The minimum atomic E-state index is -0.466. The average Bonchev–Trinajstić information content (AvgIpc) is 3.18. The van der Waals surface area contributed by atoms with Gasteiger partial charge in [0.1, 0.15) is 0 Å². The Morgan fingerprint density at radius 3 is 2.48 bits per heavy atom. The highest BCUT2D eigenvalue weighted by atomic mass is 32.2. The number of carbonyl (C=O) groups is 1. The van der Waals surface area contributed by atoms with Crippen LogP contribution in [-0.4, -0.2) is 42.2 Å². The SMILES string of the molecule is CC(C)(C)C(=O)ON1CCN(c2ncc([SH]3C=CC=C3)s2)CC1. The molecule has 3 rings (SSSR count). The van der Waals surface area contributed by atoms with Crippen molar-refractivity contribution in [1.82, 2.24) is 10.0 Å². The molecular formula is C16H23N3O2S2. The van der Waals surface area contributed by atoms with Gasteiger partial charge in [0.05, 0.1) is 28.9 Å². The highest BCUT2D eigenvalue weighted by Crippen LogP contribution is 2.46. The first-order chi connectivity index (χ1) is 10.9. The fourth-order valence-corrected chi connectivity index (χ4v) is 5.12. The van der Waals surface area contributed by atoms with E-state index in [2.05, 4.69) is 32.9 Å². The maximum Gasteiger partial charge on any atom is 0.330 e. The van der Waals surface area contributed by atoms with Crippen LogP contribution in [0.4, 0.5) is 5.13 Å². The van der Waals surface area contributed by atoms with Gasteiger partial charge in [0.15, 0.2) is 5.13 Å². The number of thiazole rings is 1. The molecule has 23 heavy (non-hydrogen) atoms. The lowest BCUT2D eigenvalue weighted by Crippen LogP contribution is -2.48. The number of hydrogen-bond donors (Lipinski definition) is 1. The molecular weight excluding hydrogens is 330 g/mol. The molecule has 2 aliphatic rings. The molecule has 1 aromatic rings. The summed E-state index contributed by atoms with van der Waals surface area (Å²) in [5.41, 5.74) is -0.466. The zero-order valence-corrected chi connectivity index (χ0v) is 15.4. The monoisotopic (exact) mass is 353 g/mol. The Hall–Kier alpha value is -1.31. The summed E-state index contributed by atoms with van der Waals surface area (Å²) in [5.74, 6) is -0.176. The van der Waals surface area contributed by atoms with E-state index in [1.165, 1.54) is 4.21 Å². The van der Waals surface area contributed by atoms with Crippen LogP contribution in [0.3, 0.4) is 0 Å². The maximum atomic E-state index is 11.9. The number of hydrogen-bond acceptors (Lipinski definition) is 6. The van der Waals surface area contributed by atoms with Crippen LogP contribution in [0.25, 0.3) is 0 Å². The van der Waals surface area contributed by atoms with E-state index in [0.29, 0.717) is 13.1 Å². The van der Waals surface area contributed by atoms with Gasteiger partial charge in [-0.05, 0) is 31.6 Å². The van der Waals surface area contributed by atoms with E-state index in [0.717, 1.165) is 18.2 Å². The van der Waals surface area contributed by atoms with Gasteiger partial charge in [0.2, 0.25) is 0 Å². The predicted octanol–water partition coefficient (Wildman–Crippen LogP) is 3.17. The molecule has 7 heteroatoms. The van der Waals surface area contributed by atoms with Crippen molar-refractivity contribution in [2.45, 2.75) is 25.0 Å². The third-order valence-electron chi connectivity index (χ3n) is 3.67. The Bertz CT molecular complexity index is 614. The molecule has 1 saturated heterocycles. The van der Waals surface area contributed by atoms with E-state index >= 15 is 0 Å². The molecule has 0 atom stereocenters. The first-order valence-electron chi connectivity index (χ1n) is 7.75. The molecule has 1 aromatic heterocycles. The number of nitrogens with zero attached hydrogens (tertiary/aromatic N) is 3. The summed E-state index contributed by atoms with van der Waals surface area (Å²) in [7, 11) is -0.286. The first kappa shape index (κ1) is 16.5. The summed E-state index contributed by atoms with van der Waals surface area (Å²) in [4.78, 5) is 24.2. The lowest BCUT2D eigenvalue weighted by Gasteiger charge is -2.34. The molecule has 1 fully saturated rings. The van der Waals surface area contributed by atoms with Crippen molar-refractivity contribution in [3.05, 3.63) is 29.2 Å². The molecule has 0 unspecified atom stereocenters.